The minimum Gasteiger partial charge on any atom is -1.00 e. The second kappa shape index (κ2) is 3.44. The third-order valence-electron chi connectivity index (χ3n) is 3.00. The van der Waals surface area contributed by atoms with E-state index in [1.165, 1.54) is 0 Å². The molecule has 3 saturated heterocycles. The highest BCUT2D eigenvalue weighted by atomic mass is 35.5. The highest BCUT2D eigenvalue weighted by Gasteiger charge is 2.44. The van der Waals surface area contributed by atoms with Gasteiger partial charge in [0.2, 0.25) is 0 Å². The molecule has 3 fully saturated rings. The van der Waals surface area contributed by atoms with Crippen LogP contribution in [-0.4, -0.2) is 55.2 Å². The molecule has 2 bridgehead atoms. The first-order valence-corrected chi connectivity index (χ1v) is 4.09. The van der Waals surface area contributed by atoms with Gasteiger partial charge in [0.1, 0.15) is 0 Å². The predicted molar refractivity (Wildman–Crippen MR) is 37.3 cm³/mol. The van der Waals surface area contributed by atoms with Gasteiger partial charge >= 0.3 is 6.55 Å². The number of piperazine rings is 3. The minimum atomic E-state index is -2.16. The Hall–Kier alpha value is 0.0700. The van der Waals surface area contributed by atoms with Gasteiger partial charge in [0.15, 0.2) is 0 Å². The number of nitrogens with zero attached hydrogens (tertiary/aromatic N) is 2. The van der Waals surface area contributed by atoms with Crippen LogP contribution in [0.2, 0.25) is 0 Å². The number of rotatable bonds is 1. The molecule has 3 aliphatic rings. The maximum atomic E-state index is 12.6. The first-order chi connectivity index (χ1) is 5.23. The Bertz CT molecular complexity index is 144. The SMILES string of the molecule is FC(F)[N+]12CCN(CC1)CC2.[Cl-]. The summed E-state index contributed by atoms with van der Waals surface area (Å²) in [6.45, 7) is 2.39. The Morgan fingerprint density at radius 2 is 1.42 bits per heavy atom. The Labute approximate surface area is 77.1 Å². The maximum Gasteiger partial charge on any atom is 0.381 e. The van der Waals surface area contributed by atoms with Gasteiger partial charge in [-0.1, -0.05) is 0 Å². The summed E-state index contributed by atoms with van der Waals surface area (Å²) in [5.41, 5.74) is 0. The number of alkyl halides is 2. The monoisotopic (exact) mass is 198 g/mol. The maximum absolute atomic E-state index is 12.6. The molecule has 3 rings (SSSR count). The Balaban J connectivity index is 0.000000720. The van der Waals surface area contributed by atoms with Crippen molar-refractivity contribution in [1.29, 1.82) is 0 Å². The lowest BCUT2D eigenvalue weighted by atomic mass is 10.2. The molecule has 12 heavy (non-hydrogen) atoms. The van der Waals surface area contributed by atoms with E-state index in [-0.39, 0.29) is 16.9 Å². The van der Waals surface area contributed by atoms with Crippen LogP contribution in [-0.2, 0) is 0 Å². The first kappa shape index (κ1) is 10.2. The van der Waals surface area contributed by atoms with E-state index in [9.17, 15) is 8.78 Å². The standard InChI is InChI=1S/C7H13F2N2.ClH/c8-7(9)11-4-1-10(2-5-11)3-6-11;/h7H,1-6H2;1H/q+1;/p-1. The molecule has 0 spiro atoms. The van der Waals surface area contributed by atoms with E-state index in [1.807, 2.05) is 0 Å². The average molecular weight is 199 g/mol. The van der Waals surface area contributed by atoms with Gasteiger partial charge in [0.05, 0.1) is 19.6 Å². The third kappa shape index (κ3) is 1.43. The average Bonchev–Trinajstić information content (AvgIpc) is 2.08. The van der Waals surface area contributed by atoms with Gasteiger partial charge in [-0.05, 0) is 0 Å². The van der Waals surface area contributed by atoms with Crippen molar-refractivity contribution < 1.29 is 25.7 Å². The predicted octanol–water partition coefficient (Wildman–Crippen LogP) is -2.64. The fourth-order valence-electron chi connectivity index (χ4n) is 1.99. The van der Waals surface area contributed by atoms with E-state index < -0.39 is 6.55 Å². The summed E-state index contributed by atoms with van der Waals surface area (Å²) in [6, 6.07) is 0. The summed E-state index contributed by atoms with van der Waals surface area (Å²) < 4.78 is 25.2. The largest absolute Gasteiger partial charge is 1.00 e. The van der Waals surface area contributed by atoms with E-state index >= 15 is 0 Å². The van der Waals surface area contributed by atoms with E-state index in [0.717, 1.165) is 19.6 Å². The van der Waals surface area contributed by atoms with Gasteiger partial charge in [-0.2, -0.15) is 8.78 Å². The molecule has 0 aromatic carbocycles. The molecule has 72 valence electrons. The molecule has 2 nitrogen and oxygen atoms in total. The van der Waals surface area contributed by atoms with Crippen LogP contribution in [0, 0.1) is 0 Å². The van der Waals surface area contributed by atoms with Gasteiger partial charge in [0, 0.05) is 19.6 Å². The van der Waals surface area contributed by atoms with E-state index in [1.54, 1.807) is 0 Å². The van der Waals surface area contributed by atoms with Crippen molar-refractivity contribution in [3.8, 4) is 0 Å². The fraction of sp³-hybridized carbons (Fsp3) is 1.00. The molecule has 0 amide bonds. The van der Waals surface area contributed by atoms with Crippen molar-refractivity contribution in [3.63, 3.8) is 0 Å². The molecule has 0 aromatic rings. The minimum absolute atomic E-state index is 0. The van der Waals surface area contributed by atoms with Crippen LogP contribution in [0.1, 0.15) is 0 Å². The Morgan fingerprint density at radius 3 is 1.67 bits per heavy atom. The lowest BCUT2D eigenvalue weighted by molar-refractivity contribution is -0.990. The molecule has 0 unspecified atom stereocenters. The molecule has 0 saturated carbocycles. The summed E-state index contributed by atoms with van der Waals surface area (Å²) in [4.78, 5) is 2.27. The van der Waals surface area contributed by atoms with Crippen LogP contribution in [0.15, 0.2) is 0 Å². The lowest BCUT2D eigenvalue weighted by Gasteiger charge is -2.49. The topological polar surface area (TPSA) is 3.24 Å². The highest BCUT2D eigenvalue weighted by molar-refractivity contribution is 4.70. The van der Waals surface area contributed by atoms with Gasteiger partial charge in [-0.3, -0.25) is 9.38 Å². The second-order valence-electron chi connectivity index (χ2n) is 3.51. The number of quaternary nitrogens is 1. The van der Waals surface area contributed by atoms with Crippen molar-refractivity contribution in [2.24, 2.45) is 0 Å². The normalized spacial score (nSPS) is 39.8. The van der Waals surface area contributed by atoms with Crippen molar-refractivity contribution in [1.82, 2.24) is 4.90 Å². The number of fused-ring (bicyclic) bond motifs is 3. The van der Waals surface area contributed by atoms with Crippen LogP contribution >= 0.6 is 0 Å². The van der Waals surface area contributed by atoms with Crippen LogP contribution in [0.25, 0.3) is 0 Å². The van der Waals surface area contributed by atoms with E-state index in [4.69, 9.17) is 0 Å². The lowest BCUT2D eigenvalue weighted by Crippen LogP contribution is -3.00. The summed E-state index contributed by atoms with van der Waals surface area (Å²) in [6.07, 6.45) is 0. The van der Waals surface area contributed by atoms with Crippen LogP contribution < -0.4 is 12.4 Å². The van der Waals surface area contributed by atoms with Crippen molar-refractivity contribution in [3.05, 3.63) is 0 Å². The summed E-state index contributed by atoms with van der Waals surface area (Å²) in [5, 5.41) is 0. The zero-order valence-electron chi connectivity index (χ0n) is 6.85. The van der Waals surface area contributed by atoms with Gasteiger partial charge < -0.3 is 12.4 Å². The summed E-state index contributed by atoms with van der Waals surface area (Å²) in [5.74, 6) is 0. The molecule has 3 aliphatic heterocycles. The molecule has 0 aromatic heterocycles. The van der Waals surface area contributed by atoms with Crippen LogP contribution in [0.3, 0.4) is 0 Å². The van der Waals surface area contributed by atoms with Gasteiger partial charge in [-0.25, -0.2) is 0 Å². The summed E-state index contributed by atoms with van der Waals surface area (Å²) in [7, 11) is 0. The zero-order valence-corrected chi connectivity index (χ0v) is 7.60. The van der Waals surface area contributed by atoms with Crippen molar-refractivity contribution >= 4 is 0 Å². The van der Waals surface area contributed by atoms with E-state index in [2.05, 4.69) is 4.90 Å². The molecule has 0 radical (unpaired) electrons. The van der Waals surface area contributed by atoms with Crippen LogP contribution in [0.4, 0.5) is 8.78 Å². The van der Waals surface area contributed by atoms with Crippen LogP contribution in [0.5, 0.6) is 0 Å². The molecular weight excluding hydrogens is 186 g/mol. The first-order valence-electron chi connectivity index (χ1n) is 4.09. The number of hydrogen-bond donors (Lipinski definition) is 0. The van der Waals surface area contributed by atoms with Crippen molar-refractivity contribution in [2.75, 3.05) is 39.3 Å². The molecule has 5 heteroatoms. The Morgan fingerprint density at radius 1 is 1.00 bits per heavy atom. The smallest absolute Gasteiger partial charge is 0.381 e. The molecule has 0 aliphatic carbocycles. The quantitative estimate of drug-likeness (QED) is 0.329. The highest BCUT2D eigenvalue weighted by Crippen LogP contribution is 2.24. The molecular formula is C7H13ClF2N2. The fourth-order valence-corrected chi connectivity index (χ4v) is 1.99. The van der Waals surface area contributed by atoms with Crippen molar-refractivity contribution in [2.45, 2.75) is 6.55 Å². The number of halogens is 3. The van der Waals surface area contributed by atoms with Gasteiger partial charge in [0.25, 0.3) is 0 Å². The molecule has 0 atom stereocenters. The Kier molecular flexibility index (Phi) is 2.91. The van der Waals surface area contributed by atoms with E-state index in [0.29, 0.717) is 19.6 Å². The molecule has 3 heterocycles. The number of hydrogen-bond acceptors (Lipinski definition) is 1. The molecule has 0 N–H and O–H groups in total. The zero-order chi connectivity index (χ0) is 7.90. The third-order valence-corrected chi connectivity index (χ3v) is 3.00. The second-order valence-corrected chi connectivity index (χ2v) is 3.51. The van der Waals surface area contributed by atoms with Gasteiger partial charge in [-0.15, -0.1) is 0 Å². The summed E-state index contributed by atoms with van der Waals surface area (Å²) >= 11 is 0.